The Morgan fingerprint density at radius 1 is 1.05 bits per heavy atom. The van der Waals surface area contributed by atoms with Crippen LogP contribution in [0.1, 0.15) is 107 Å². The van der Waals surface area contributed by atoms with Gasteiger partial charge in [-0.3, -0.25) is 9.59 Å². The number of ketones is 2. The minimum Gasteiger partial charge on any atom is -0.504 e. The molecule has 38 heavy (non-hydrogen) atoms. The number of methoxy groups -OCH3 is 1. The summed E-state index contributed by atoms with van der Waals surface area (Å²) in [5.74, 6) is 7.45. The molecule has 0 radical (unpaired) electrons. The van der Waals surface area contributed by atoms with Crippen molar-refractivity contribution in [2.75, 3.05) is 7.11 Å². The van der Waals surface area contributed by atoms with Crippen LogP contribution in [-0.4, -0.2) is 23.8 Å². The van der Waals surface area contributed by atoms with Crippen molar-refractivity contribution in [2.45, 2.75) is 97.3 Å². The fourth-order valence-electron chi connectivity index (χ4n) is 5.27. The van der Waals surface area contributed by atoms with Crippen LogP contribution in [0, 0.1) is 23.7 Å². The lowest BCUT2D eigenvalue weighted by atomic mass is 9.82. The van der Waals surface area contributed by atoms with Gasteiger partial charge in [-0.05, 0) is 66.0 Å². The lowest BCUT2D eigenvalue weighted by Crippen LogP contribution is -2.19. The van der Waals surface area contributed by atoms with Crippen molar-refractivity contribution in [3.05, 3.63) is 58.7 Å². The molecular formula is C34H44O4. The second-order valence-electron chi connectivity index (χ2n) is 11.0. The van der Waals surface area contributed by atoms with Gasteiger partial charge in [-0.25, -0.2) is 0 Å². The number of aryl methyl sites for hydroxylation is 2. The van der Waals surface area contributed by atoms with E-state index in [-0.39, 0.29) is 42.0 Å². The van der Waals surface area contributed by atoms with Gasteiger partial charge in [0.1, 0.15) is 11.6 Å². The minimum absolute atomic E-state index is 0.0217. The highest BCUT2D eigenvalue weighted by atomic mass is 16.5. The molecule has 4 nitrogen and oxygen atoms in total. The van der Waals surface area contributed by atoms with Gasteiger partial charge in [0.2, 0.25) is 0 Å². The molecule has 0 saturated carbocycles. The number of hydrogen-bond donors (Lipinski definition) is 1. The standard InChI is InChI=1S/C34H44O4/c1-5-6-7-8-13-26-14-11-16-30(29-15-10-9-12-25(29)18-17-24(2)3)31-23-33(37)34(38-4)21-27(31)19-20-28(35)22-32(26)36/h9-10,12,15,21,23-24,26,30,37H,5-8,13-14,17-20,22H2,1-4H3/t26-,30-/m1/s1. The van der Waals surface area contributed by atoms with Crippen LogP contribution in [0.3, 0.4) is 0 Å². The zero-order chi connectivity index (χ0) is 27.5. The molecule has 1 aliphatic carbocycles. The Morgan fingerprint density at radius 3 is 2.58 bits per heavy atom. The second-order valence-corrected chi connectivity index (χ2v) is 11.0. The summed E-state index contributed by atoms with van der Waals surface area (Å²) in [6, 6.07) is 12.0. The van der Waals surface area contributed by atoms with Gasteiger partial charge in [0, 0.05) is 18.8 Å². The lowest BCUT2D eigenvalue weighted by Gasteiger charge is -2.22. The third-order valence-electron chi connectivity index (χ3n) is 7.61. The maximum absolute atomic E-state index is 13.1. The highest BCUT2D eigenvalue weighted by molar-refractivity contribution is 6.00. The largest absolute Gasteiger partial charge is 0.504 e. The van der Waals surface area contributed by atoms with Crippen molar-refractivity contribution in [3.8, 4) is 23.3 Å². The number of rotatable bonds is 10. The van der Waals surface area contributed by atoms with Crippen molar-refractivity contribution >= 4 is 11.6 Å². The summed E-state index contributed by atoms with van der Waals surface area (Å²) in [6.07, 6.45) is 8.38. The van der Waals surface area contributed by atoms with Gasteiger partial charge in [-0.1, -0.05) is 76.6 Å². The molecule has 3 rings (SSSR count). The Morgan fingerprint density at radius 2 is 1.84 bits per heavy atom. The predicted molar refractivity (Wildman–Crippen MR) is 154 cm³/mol. The van der Waals surface area contributed by atoms with Crippen molar-refractivity contribution in [1.29, 1.82) is 0 Å². The molecule has 204 valence electrons. The van der Waals surface area contributed by atoms with Gasteiger partial charge in [0.25, 0.3) is 0 Å². The third kappa shape index (κ3) is 8.22. The summed E-state index contributed by atoms with van der Waals surface area (Å²) in [6.45, 7) is 6.63. The Labute approximate surface area is 229 Å². The molecule has 0 saturated heterocycles. The van der Waals surface area contributed by atoms with Crippen molar-refractivity contribution in [3.63, 3.8) is 0 Å². The minimum atomic E-state index is -0.268. The summed E-state index contributed by atoms with van der Waals surface area (Å²) in [4.78, 5) is 26.0. The average Bonchev–Trinajstić information content (AvgIpc) is 2.90. The maximum Gasteiger partial charge on any atom is 0.160 e. The van der Waals surface area contributed by atoms with Gasteiger partial charge >= 0.3 is 0 Å². The normalized spacial score (nSPS) is 18.2. The van der Waals surface area contributed by atoms with Crippen LogP contribution in [0.25, 0.3) is 0 Å². The number of hydrogen-bond acceptors (Lipinski definition) is 4. The van der Waals surface area contributed by atoms with E-state index in [1.165, 1.54) is 12.7 Å². The summed E-state index contributed by atoms with van der Waals surface area (Å²) in [7, 11) is 1.53. The molecule has 0 bridgehead atoms. The molecule has 2 aromatic rings. The van der Waals surface area contributed by atoms with E-state index >= 15 is 0 Å². The van der Waals surface area contributed by atoms with E-state index < -0.39 is 0 Å². The Hall–Kier alpha value is -3.06. The molecule has 0 aliphatic heterocycles. The number of carbonyl (C=O) groups is 2. The molecule has 0 spiro atoms. The number of unbranched alkanes of at least 4 members (excludes halogenated alkanes) is 3. The van der Waals surface area contributed by atoms with E-state index in [1.54, 1.807) is 6.07 Å². The van der Waals surface area contributed by atoms with E-state index in [1.807, 2.05) is 12.1 Å². The maximum atomic E-state index is 13.1. The Balaban J connectivity index is 2.09. The molecule has 0 unspecified atom stereocenters. The SMILES string of the molecule is CCCCCC[C@@H]1CC#C[C@H](c2ccccc2CCC(C)C)c2cc(O)c(OC)cc2CCC(=O)CC1=O. The quantitative estimate of drug-likeness (QED) is 0.201. The number of phenols is 1. The molecule has 2 aromatic carbocycles. The van der Waals surface area contributed by atoms with Gasteiger partial charge in [-0.15, -0.1) is 5.92 Å². The molecule has 0 amide bonds. The van der Waals surface area contributed by atoms with Gasteiger partial charge in [0.15, 0.2) is 11.5 Å². The zero-order valence-corrected chi connectivity index (χ0v) is 23.6. The number of ether oxygens (including phenoxy) is 1. The fraction of sp³-hybridized carbons (Fsp3) is 0.529. The number of phenolic OH excluding ortho intramolecular Hbond substituents is 1. The monoisotopic (exact) mass is 516 g/mol. The molecule has 0 aromatic heterocycles. The first-order chi connectivity index (χ1) is 18.3. The lowest BCUT2D eigenvalue weighted by molar-refractivity contribution is -0.129. The number of benzene rings is 2. The molecule has 1 aliphatic rings. The van der Waals surface area contributed by atoms with Crippen LogP contribution in [0.15, 0.2) is 36.4 Å². The van der Waals surface area contributed by atoms with Crippen molar-refractivity contribution in [1.82, 2.24) is 0 Å². The van der Waals surface area contributed by atoms with E-state index in [2.05, 4.69) is 50.8 Å². The van der Waals surface area contributed by atoms with E-state index in [0.29, 0.717) is 24.5 Å². The molecule has 0 heterocycles. The van der Waals surface area contributed by atoms with Crippen LogP contribution < -0.4 is 4.74 Å². The van der Waals surface area contributed by atoms with Crippen LogP contribution in [-0.2, 0) is 22.4 Å². The number of Topliss-reactive ketones (excluding diaryl/α,β-unsaturated/α-hetero) is 2. The molecule has 4 heteroatoms. The van der Waals surface area contributed by atoms with Crippen LogP contribution in [0.4, 0.5) is 0 Å². The second kappa shape index (κ2) is 14.8. The number of carbonyl (C=O) groups excluding carboxylic acids is 2. The molecular weight excluding hydrogens is 472 g/mol. The van der Waals surface area contributed by atoms with Crippen LogP contribution >= 0.6 is 0 Å². The Kier molecular flexibility index (Phi) is 11.5. The highest BCUT2D eigenvalue weighted by Gasteiger charge is 2.25. The van der Waals surface area contributed by atoms with E-state index in [4.69, 9.17) is 4.74 Å². The van der Waals surface area contributed by atoms with E-state index in [0.717, 1.165) is 61.6 Å². The van der Waals surface area contributed by atoms with Crippen LogP contribution in [0.2, 0.25) is 0 Å². The molecule has 0 fully saturated rings. The fourth-order valence-corrected chi connectivity index (χ4v) is 5.27. The van der Waals surface area contributed by atoms with Gasteiger partial charge < -0.3 is 9.84 Å². The molecule has 1 N–H and O–H groups in total. The number of aromatic hydroxyl groups is 1. The van der Waals surface area contributed by atoms with Gasteiger partial charge in [0.05, 0.1) is 19.4 Å². The topological polar surface area (TPSA) is 63.6 Å². The molecule has 2 atom stereocenters. The van der Waals surface area contributed by atoms with Crippen molar-refractivity contribution < 1.29 is 19.4 Å². The summed E-state index contributed by atoms with van der Waals surface area (Å²) in [5.41, 5.74) is 4.21. The summed E-state index contributed by atoms with van der Waals surface area (Å²) < 4.78 is 5.40. The first-order valence-electron chi connectivity index (χ1n) is 14.3. The van der Waals surface area contributed by atoms with E-state index in [9.17, 15) is 14.7 Å². The summed E-state index contributed by atoms with van der Waals surface area (Å²) in [5, 5.41) is 10.8. The summed E-state index contributed by atoms with van der Waals surface area (Å²) >= 11 is 0. The van der Waals surface area contributed by atoms with Crippen LogP contribution in [0.5, 0.6) is 11.5 Å². The van der Waals surface area contributed by atoms with Gasteiger partial charge in [-0.2, -0.15) is 0 Å². The number of fused-ring (bicyclic) bond motifs is 1. The first kappa shape index (κ1) is 29.5. The predicted octanol–water partition coefficient (Wildman–Crippen LogP) is 7.58. The highest BCUT2D eigenvalue weighted by Crippen LogP contribution is 2.38. The zero-order valence-electron chi connectivity index (χ0n) is 23.6. The smallest absolute Gasteiger partial charge is 0.160 e. The first-order valence-corrected chi connectivity index (χ1v) is 14.3. The van der Waals surface area contributed by atoms with Crippen molar-refractivity contribution in [2.24, 2.45) is 11.8 Å². The third-order valence-corrected chi connectivity index (χ3v) is 7.61. The average molecular weight is 517 g/mol. The Bertz CT molecular complexity index is 1150.